The summed E-state index contributed by atoms with van der Waals surface area (Å²) in [5.74, 6) is 1.22. The van der Waals surface area contributed by atoms with Crippen LogP contribution in [0.5, 0.6) is 11.5 Å². The maximum absolute atomic E-state index is 11.5. The molecule has 2 aromatic rings. The maximum Gasteiger partial charge on any atom is 0.254 e. The van der Waals surface area contributed by atoms with Crippen LogP contribution < -0.4 is 9.47 Å². The van der Waals surface area contributed by atoms with Crippen LogP contribution in [-0.4, -0.2) is 19.1 Å². The number of benzene rings is 2. The first kappa shape index (κ1) is 15.1. The van der Waals surface area contributed by atoms with Gasteiger partial charge in [0.2, 0.25) is 0 Å². The summed E-state index contributed by atoms with van der Waals surface area (Å²) in [6, 6.07) is 13.2. The Morgan fingerprint density at radius 2 is 1.65 bits per heavy atom. The summed E-state index contributed by atoms with van der Waals surface area (Å²) >= 11 is 0. The molecule has 0 bridgehead atoms. The van der Waals surface area contributed by atoms with Crippen molar-refractivity contribution in [3.8, 4) is 11.5 Å². The second-order valence-electron chi connectivity index (χ2n) is 5.31. The lowest BCUT2D eigenvalue weighted by molar-refractivity contribution is -0.427. The van der Waals surface area contributed by atoms with Crippen molar-refractivity contribution in [3.63, 3.8) is 0 Å². The Bertz CT molecular complexity index is 781. The van der Waals surface area contributed by atoms with Crippen molar-refractivity contribution in [1.82, 2.24) is 0 Å². The molecule has 0 saturated carbocycles. The summed E-state index contributed by atoms with van der Waals surface area (Å²) in [6.45, 7) is 0. The highest BCUT2D eigenvalue weighted by molar-refractivity contribution is 5.85. The molecule has 1 aliphatic rings. The molecule has 5 nitrogen and oxygen atoms in total. The number of methoxy groups -OCH3 is 2. The highest BCUT2D eigenvalue weighted by atomic mass is 16.6. The molecule has 0 saturated heterocycles. The van der Waals surface area contributed by atoms with Crippen LogP contribution >= 0.6 is 0 Å². The van der Waals surface area contributed by atoms with Crippen molar-refractivity contribution >= 4 is 5.57 Å². The van der Waals surface area contributed by atoms with Gasteiger partial charge in [-0.05, 0) is 35.2 Å². The third-order valence-electron chi connectivity index (χ3n) is 4.08. The number of hydrogen-bond acceptors (Lipinski definition) is 4. The van der Waals surface area contributed by atoms with E-state index >= 15 is 0 Å². The predicted molar refractivity (Wildman–Crippen MR) is 87.3 cm³/mol. The Balaban J connectivity index is 2.27. The van der Waals surface area contributed by atoms with Gasteiger partial charge in [0.05, 0.1) is 24.7 Å². The zero-order valence-electron chi connectivity index (χ0n) is 13.0. The summed E-state index contributed by atoms with van der Waals surface area (Å²) in [5.41, 5.74) is 3.62. The molecule has 0 heterocycles. The fourth-order valence-electron chi connectivity index (χ4n) is 3.00. The predicted octanol–water partition coefficient (Wildman–Crippen LogP) is 3.69. The number of nitrogens with zero attached hydrogens (tertiary/aromatic N) is 1. The summed E-state index contributed by atoms with van der Waals surface area (Å²) < 4.78 is 10.7. The van der Waals surface area contributed by atoms with E-state index < -0.39 is 0 Å². The van der Waals surface area contributed by atoms with Gasteiger partial charge in [-0.2, -0.15) is 0 Å². The van der Waals surface area contributed by atoms with E-state index in [4.69, 9.17) is 9.47 Å². The minimum Gasteiger partial charge on any atom is -0.493 e. The van der Waals surface area contributed by atoms with Crippen LogP contribution in [0.4, 0.5) is 0 Å². The number of rotatable bonds is 4. The van der Waals surface area contributed by atoms with Crippen molar-refractivity contribution in [2.45, 2.75) is 12.8 Å². The van der Waals surface area contributed by atoms with Gasteiger partial charge < -0.3 is 9.47 Å². The minimum absolute atomic E-state index is 0.246. The molecule has 0 N–H and O–H groups in total. The molecule has 1 aliphatic carbocycles. The zero-order valence-corrected chi connectivity index (χ0v) is 13.0. The van der Waals surface area contributed by atoms with Crippen LogP contribution in [0.2, 0.25) is 0 Å². The van der Waals surface area contributed by atoms with E-state index in [1.54, 1.807) is 14.2 Å². The first-order valence-electron chi connectivity index (χ1n) is 7.34. The Labute approximate surface area is 134 Å². The number of aryl methyl sites for hydroxylation is 1. The summed E-state index contributed by atoms with van der Waals surface area (Å²) in [4.78, 5) is 11.2. The van der Waals surface area contributed by atoms with Gasteiger partial charge in [-0.1, -0.05) is 30.3 Å². The molecule has 0 fully saturated rings. The molecule has 5 heteroatoms. The molecule has 0 radical (unpaired) electrons. The van der Waals surface area contributed by atoms with E-state index in [0.717, 1.165) is 16.7 Å². The molecule has 3 rings (SSSR count). The second kappa shape index (κ2) is 6.12. The van der Waals surface area contributed by atoms with Gasteiger partial charge in [0, 0.05) is 6.42 Å². The SMILES string of the molecule is COc1cc2c(cc1OC)C(c1ccccc1)=C([N+](=O)[O-])CC2. The van der Waals surface area contributed by atoms with Gasteiger partial charge in [0.1, 0.15) is 0 Å². The highest BCUT2D eigenvalue weighted by Crippen LogP contribution is 2.41. The van der Waals surface area contributed by atoms with Gasteiger partial charge in [0.15, 0.2) is 11.5 Å². The summed E-state index contributed by atoms with van der Waals surface area (Å²) in [6.07, 6.45) is 1.02. The van der Waals surface area contributed by atoms with E-state index in [9.17, 15) is 10.1 Å². The molecule has 0 spiro atoms. The van der Waals surface area contributed by atoms with Crippen LogP contribution in [0.1, 0.15) is 23.1 Å². The van der Waals surface area contributed by atoms with Crippen LogP contribution in [0.15, 0.2) is 48.2 Å². The number of nitro groups is 1. The zero-order chi connectivity index (χ0) is 16.4. The van der Waals surface area contributed by atoms with Crippen molar-refractivity contribution in [2.24, 2.45) is 0 Å². The lowest BCUT2D eigenvalue weighted by Crippen LogP contribution is -2.12. The topological polar surface area (TPSA) is 61.6 Å². The third-order valence-corrected chi connectivity index (χ3v) is 4.08. The van der Waals surface area contributed by atoms with Crippen LogP contribution in [0.3, 0.4) is 0 Å². The molecule has 2 aromatic carbocycles. The number of ether oxygens (including phenoxy) is 2. The van der Waals surface area contributed by atoms with Crippen LogP contribution in [-0.2, 0) is 6.42 Å². The Morgan fingerprint density at radius 1 is 1.00 bits per heavy atom. The van der Waals surface area contributed by atoms with Gasteiger partial charge in [-0.15, -0.1) is 0 Å². The lowest BCUT2D eigenvalue weighted by atomic mass is 9.84. The Hall–Kier alpha value is -2.82. The average molecular weight is 311 g/mol. The molecule has 23 heavy (non-hydrogen) atoms. The number of hydrogen-bond donors (Lipinski definition) is 0. The smallest absolute Gasteiger partial charge is 0.254 e. The van der Waals surface area contributed by atoms with Crippen LogP contribution in [0, 0.1) is 10.1 Å². The molecule has 0 unspecified atom stereocenters. The van der Waals surface area contributed by atoms with E-state index in [1.807, 2.05) is 42.5 Å². The number of fused-ring (bicyclic) bond motifs is 1. The standard InChI is InChI=1S/C18H17NO4/c1-22-16-10-13-8-9-15(19(20)21)18(12-6-4-3-5-7-12)14(13)11-17(16)23-2/h3-7,10-11H,8-9H2,1-2H3. The molecule has 0 aromatic heterocycles. The average Bonchev–Trinajstić information content (AvgIpc) is 2.59. The molecule has 0 aliphatic heterocycles. The van der Waals surface area contributed by atoms with Crippen molar-refractivity contribution < 1.29 is 14.4 Å². The van der Waals surface area contributed by atoms with Gasteiger partial charge in [0.25, 0.3) is 5.70 Å². The van der Waals surface area contributed by atoms with E-state index in [0.29, 0.717) is 29.9 Å². The maximum atomic E-state index is 11.5. The normalized spacial score (nSPS) is 13.5. The fraction of sp³-hybridized carbons (Fsp3) is 0.222. The fourth-order valence-corrected chi connectivity index (χ4v) is 3.00. The Kier molecular flexibility index (Phi) is 4.02. The number of allylic oxidation sites excluding steroid dienone is 1. The molecule has 0 amide bonds. The first-order chi connectivity index (χ1) is 11.2. The monoisotopic (exact) mass is 311 g/mol. The molecule has 0 atom stereocenters. The third kappa shape index (κ3) is 2.65. The van der Waals surface area contributed by atoms with Gasteiger partial charge in [-0.3, -0.25) is 10.1 Å². The van der Waals surface area contributed by atoms with Crippen molar-refractivity contribution in [1.29, 1.82) is 0 Å². The minimum atomic E-state index is -0.276. The lowest BCUT2D eigenvalue weighted by Gasteiger charge is -2.21. The Morgan fingerprint density at radius 3 is 2.26 bits per heavy atom. The van der Waals surface area contributed by atoms with Crippen LogP contribution in [0.25, 0.3) is 5.57 Å². The quantitative estimate of drug-likeness (QED) is 0.638. The molecular weight excluding hydrogens is 294 g/mol. The van der Waals surface area contributed by atoms with Gasteiger partial charge >= 0.3 is 0 Å². The largest absolute Gasteiger partial charge is 0.493 e. The highest BCUT2D eigenvalue weighted by Gasteiger charge is 2.29. The first-order valence-corrected chi connectivity index (χ1v) is 7.34. The van der Waals surface area contributed by atoms with Crippen molar-refractivity contribution in [2.75, 3.05) is 14.2 Å². The van der Waals surface area contributed by atoms with Crippen molar-refractivity contribution in [3.05, 3.63) is 75.0 Å². The summed E-state index contributed by atoms with van der Waals surface area (Å²) in [7, 11) is 3.15. The van der Waals surface area contributed by atoms with E-state index in [2.05, 4.69) is 0 Å². The van der Waals surface area contributed by atoms with E-state index in [1.165, 1.54) is 0 Å². The molecular formula is C18H17NO4. The van der Waals surface area contributed by atoms with Gasteiger partial charge in [-0.25, -0.2) is 0 Å². The second-order valence-corrected chi connectivity index (χ2v) is 5.31. The van der Waals surface area contributed by atoms with E-state index in [-0.39, 0.29) is 10.6 Å². The summed E-state index contributed by atoms with van der Waals surface area (Å²) in [5, 5.41) is 11.5. The molecule has 118 valence electrons.